The molecule has 0 aliphatic carbocycles. The molecule has 1 N–H and O–H groups in total. The molecule has 94 valence electrons. The summed E-state index contributed by atoms with van der Waals surface area (Å²) in [5.41, 5.74) is 0.653. The summed E-state index contributed by atoms with van der Waals surface area (Å²) in [7, 11) is 0. The quantitative estimate of drug-likeness (QED) is 0.679. The number of carbonyl (C=O) groups is 1. The average molecular weight is 330 g/mol. The molecule has 18 heavy (non-hydrogen) atoms. The van der Waals surface area contributed by atoms with Crippen molar-refractivity contribution in [2.75, 3.05) is 16.8 Å². The molecule has 0 saturated carbocycles. The molecule has 1 amide bonds. The van der Waals surface area contributed by atoms with Crippen molar-refractivity contribution in [3.8, 4) is 0 Å². The van der Waals surface area contributed by atoms with Crippen molar-refractivity contribution in [2.24, 2.45) is 5.92 Å². The molecule has 1 unspecified atom stereocenters. The number of aromatic nitrogens is 3. The van der Waals surface area contributed by atoms with Gasteiger partial charge in [-0.15, -0.1) is 0 Å². The molecule has 1 atom stereocenters. The molecule has 0 bridgehead atoms. The second kappa shape index (κ2) is 4.51. The average Bonchev–Trinajstić information content (AvgIpc) is 2.95. The summed E-state index contributed by atoms with van der Waals surface area (Å²) in [6.07, 6.45) is 2.27. The summed E-state index contributed by atoms with van der Waals surface area (Å²) >= 11 is 9.48. The van der Waals surface area contributed by atoms with Crippen LogP contribution in [0, 0.1) is 5.92 Å². The molecule has 2 aromatic heterocycles. The van der Waals surface area contributed by atoms with E-state index in [-0.39, 0.29) is 5.91 Å². The van der Waals surface area contributed by atoms with E-state index in [4.69, 9.17) is 11.6 Å². The van der Waals surface area contributed by atoms with E-state index in [1.165, 1.54) is 0 Å². The maximum Gasteiger partial charge on any atom is 0.235 e. The second-order valence-corrected chi connectivity index (χ2v) is 5.29. The summed E-state index contributed by atoms with van der Waals surface area (Å²) in [5, 5.41) is 1.93. The molecule has 1 saturated heterocycles. The fourth-order valence-electron chi connectivity index (χ4n) is 2.09. The number of nitrogens with zero attached hydrogens (tertiary/aromatic N) is 3. The number of hydrogen-bond acceptors (Lipinski definition) is 3. The van der Waals surface area contributed by atoms with E-state index in [1.54, 1.807) is 11.1 Å². The van der Waals surface area contributed by atoms with Gasteiger partial charge in [0.25, 0.3) is 0 Å². The third-order valence-corrected chi connectivity index (χ3v) is 4.23. The molecule has 0 spiro atoms. The summed E-state index contributed by atoms with van der Waals surface area (Å²) in [6.45, 7) is 0.632. The minimum Gasteiger partial charge on any atom is -0.346 e. The third-order valence-electron chi connectivity index (χ3n) is 3.02. The molecule has 0 aromatic carbocycles. The van der Waals surface area contributed by atoms with Crippen molar-refractivity contribution in [3.63, 3.8) is 0 Å². The van der Waals surface area contributed by atoms with E-state index in [1.807, 2.05) is 6.07 Å². The summed E-state index contributed by atoms with van der Waals surface area (Å²) in [6, 6.07) is 1.81. The Kier molecular flexibility index (Phi) is 2.99. The van der Waals surface area contributed by atoms with Gasteiger partial charge in [-0.2, -0.15) is 9.97 Å². The van der Waals surface area contributed by atoms with Crippen LogP contribution >= 0.6 is 27.5 Å². The van der Waals surface area contributed by atoms with Crippen molar-refractivity contribution in [1.82, 2.24) is 15.0 Å². The first-order valence-electron chi connectivity index (χ1n) is 5.56. The fourth-order valence-corrected chi connectivity index (χ4v) is 2.75. The Morgan fingerprint density at radius 1 is 1.56 bits per heavy atom. The predicted molar refractivity (Wildman–Crippen MR) is 73.2 cm³/mol. The van der Waals surface area contributed by atoms with Crippen molar-refractivity contribution >= 4 is 50.4 Å². The summed E-state index contributed by atoms with van der Waals surface area (Å²) in [5.74, 6) is 0.726. The summed E-state index contributed by atoms with van der Waals surface area (Å²) < 4.78 is 0. The van der Waals surface area contributed by atoms with Crippen LogP contribution in [0.2, 0.25) is 5.15 Å². The molecule has 0 radical (unpaired) electrons. The van der Waals surface area contributed by atoms with E-state index in [0.717, 1.165) is 10.7 Å². The van der Waals surface area contributed by atoms with Crippen LogP contribution in [0.25, 0.3) is 11.0 Å². The number of H-pyrrole nitrogens is 1. The fraction of sp³-hybridized carbons (Fsp3) is 0.364. The maximum absolute atomic E-state index is 11.9. The highest BCUT2D eigenvalue weighted by Crippen LogP contribution is 2.27. The standard InChI is InChI=1S/C11H10BrClN4O/c12-4-6-3-8(18)17(5-6)11-15-9(13)7-1-2-14-10(7)16-11/h1-2,6H,3-5H2,(H,14,15,16). The van der Waals surface area contributed by atoms with Gasteiger partial charge in [0.1, 0.15) is 10.8 Å². The first-order valence-corrected chi connectivity index (χ1v) is 7.06. The number of halogens is 2. The minimum atomic E-state index is 0.0430. The van der Waals surface area contributed by atoms with Crippen molar-refractivity contribution in [1.29, 1.82) is 0 Å². The van der Waals surface area contributed by atoms with Gasteiger partial charge in [-0.1, -0.05) is 27.5 Å². The highest BCUT2D eigenvalue weighted by molar-refractivity contribution is 9.09. The lowest BCUT2D eigenvalue weighted by atomic mass is 10.2. The van der Waals surface area contributed by atoms with E-state index in [9.17, 15) is 4.79 Å². The molecule has 3 rings (SSSR count). The molecular formula is C11H10BrClN4O. The van der Waals surface area contributed by atoms with Crippen LogP contribution in [0.5, 0.6) is 0 Å². The zero-order valence-corrected chi connectivity index (χ0v) is 11.7. The Bertz CT molecular complexity index is 614. The molecule has 1 aliphatic rings. The minimum absolute atomic E-state index is 0.0430. The van der Waals surface area contributed by atoms with E-state index < -0.39 is 0 Å². The largest absolute Gasteiger partial charge is 0.346 e. The maximum atomic E-state index is 11.9. The molecule has 1 fully saturated rings. The monoisotopic (exact) mass is 328 g/mol. The van der Waals surface area contributed by atoms with Gasteiger partial charge in [0, 0.05) is 24.5 Å². The van der Waals surface area contributed by atoms with Gasteiger partial charge in [-0.05, 0) is 12.0 Å². The van der Waals surface area contributed by atoms with Gasteiger partial charge in [-0.25, -0.2) is 0 Å². The van der Waals surface area contributed by atoms with Crippen molar-refractivity contribution < 1.29 is 4.79 Å². The van der Waals surface area contributed by atoms with Crippen LogP contribution in [0.3, 0.4) is 0 Å². The van der Waals surface area contributed by atoms with Gasteiger partial charge in [0.05, 0.1) is 5.39 Å². The smallest absolute Gasteiger partial charge is 0.235 e. The van der Waals surface area contributed by atoms with Crippen LogP contribution in [0.4, 0.5) is 5.95 Å². The lowest BCUT2D eigenvalue weighted by Crippen LogP contribution is -2.26. The van der Waals surface area contributed by atoms with Gasteiger partial charge < -0.3 is 4.98 Å². The van der Waals surface area contributed by atoms with Crippen LogP contribution in [-0.2, 0) is 4.79 Å². The molecule has 2 aromatic rings. The molecular weight excluding hydrogens is 320 g/mol. The normalized spacial score (nSPS) is 20.0. The van der Waals surface area contributed by atoms with Gasteiger partial charge in [-0.3, -0.25) is 9.69 Å². The Labute approximate surface area is 117 Å². The topological polar surface area (TPSA) is 61.9 Å². The first kappa shape index (κ1) is 11.9. The van der Waals surface area contributed by atoms with Gasteiger partial charge in [0.2, 0.25) is 11.9 Å². The molecule has 7 heteroatoms. The number of amides is 1. The number of fused-ring (bicyclic) bond motifs is 1. The number of hydrogen-bond donors (Lipinski definition) is 1. The second-order valence-electron chi connectivity index (χ2n) is 4.28. The molecule has 3 heterocycles. The Morgan fingerprint density at radius 3 is 3.11 bits per heavy atom. The number of anilines is 1. The van der Waals surface area contributed by atoms with Gasteiger partial charge >= 0.3 is 0 Å². The zero-order valence-electron chi connectivity index (χ0n) is 9.36. The van der Waals surface area contributed by atoms with Crippen LogP contribution in [0.1, 0.15) is 6.42 Å². The van der Waals surface area contributed by atoms with Crippen LogP contribution in [-0.4, -0.2) is 32.7 Å². The Balaban J connectivity index is 2.01. The van der Waals surface area contributed by atoms with Crippen molar-refractivity contribution in [2.45, 2.75) is 6.42 Å². The summed E-state index contributed by atoms with van der Waals surface area (Å²) in [4.78, 5) is 25.0. The van der Waals surface area contributed by atoms with Crippen LogP contribution in [0.15, 0.2) is 12.3 Å². The number of nitrogens with one attached hydrogen (secondary N) is 1. The first-order chi connectivity index (χ1) is 8.69. The number of carbonyl (C=O) groups excluding carboxylic acids is 1. The van der Waals surface area contributed by atoms with E-state index in [0.29, 0.717) is 35.6 Å². The van der Waals surface area contributed by atoms with Gasteiger partial charge in [0.15, 0.2) is 0 Å². The zero-order chi connectivity index (χ0) is 12.7. The van der Waals surface area contributed by atoms with E-state index in [2.05, 4.69) is 30.9 Å². The lowest BCUT2D eigenvalue weighted by molar-refractivity contribution is -0.117. The number of alkyl halides is 1. The number of aromatic amines is 1. The van der Waals surface area contributed by atoms with E-state index >= 15 is 0 Å². The number of rotatable bonds is 2. The Morgan fingerprint density at radius 2 is 2.39 bits per heavy atom. The molecule has 5 nitrogen and oxygen atoms in total. The lowest BCUT2D eigenvalue weighted by Gasteiger charge is -2.14. The van der Waals surface area contributed by atoms with Crippen LogP contribution < -0.4 is 4.90 Å². The SMILES string of the molecule is O=C1CC(CBr)CN1c1nc(Cl)c2cc[nH]c2n1. The Hall–Kier alpha value is -1.14. The highest BCUT2D eigenvalue weighted by Gasteiger charge is 2.32. The highest BCUT2D eigenvalue weighted by atomic mass is 79.9. The predicted octanol–water partition coefficient (Wildman–Crippen LogP) is 2.36. The molecule has 1 aliphatic heterocycles. The van der Waals surface area contributed by atoms with Crippen molar-refractivity contribution in [3.05, 3.63) is 17.4 Å². The third kappa shape index (κ3) is 1.89.